The molecule has 0 saturated heterocycles. The van der Waals surface area contributed by atoms with Crippen molar-refractivity contribution < 1.29 is 8.42 Å². The van der Waals surface area contributed by atoms with E-state index in [2.05, 4.69) is 30.4 Å². The van der Waals surface area contributed by atoms with Crippen LogP contribution >= 0.6 is 0 Å². The Labute approximate surface area is 128 Å². The van der Waals surface area contributed by atoms with Crippen LogP contribution in [0.3, 0.4) is 0 Å². The number of hydrogen-bond acceptors (Lipinski definition) is 4. The molecule has 21 heavy (non-hydrogen) atoms. The predicted octanol–water partition coefficient (Wildman–Crippen LogP) is 2.58. The number of rotatable bonds is 8. The Bertz CT molecular complexity index is 556. The Hall–Kier alpha value is -1.27. The van der Waals surface area contributed by atoms with Gasteiger partial charge in [0.1, 0.15) is 0 Å². The van der Waals surface area contributed by atoms with E-state index >= 15 is 0 Å². The molecule has 0 spiro atoms. The Morgan fingerprint density at radius 2 is 1.95 bits per heavy atom. The molecule has 0 fully saturated rings. The molecule has 3 N–H and O–H groups in total. The summed E-state index contributed by atoms with van der Waals surface area (Å²) in [5.41, 5.74) is 7.46. The maximum atomic E-state index is 11.9. The molecule has 0 bridgehead atoms. The quantitative estimate of drug-likeness (QED) is 0.571. The molecule has 0 saturated carbocycles. The molecular formula is C15H27N3O2S. The van der Waals surface area contributed by atoms with Crippen LogP contribution in [0.4, 0.5) is 11.4 Å². The fourth-order valence-corrected chi connectivity index (χ4v) is 3.00. The number of unbranched alkanes of at least 4 members (excludes halogenated alkanes) is 2. The summed E-state index contributed by atoms with van der Waals surface area (Å²) in [7, 11) is -2.04. The van der Waals surface area contributed by atoms with E-state index in [0.717, 1.165) is 31.5 Å². The SMILES string of the molecule is CCCCCN(c1cc(S(=O)(=O)NC)ccc1N)C(C)C. The predicted molar refractivity (Wildman–Crippen MR) is 89.1 cm³/mol. The van der Waals surface area contributed by atoms with Crippen LogP contribution < -0.4 is 15.4 Å². The summed E-state index contributed by atoms with van der Waals surface area (Å²) in [5, 5.41) is 0. The zero-order valence-electron chi connectivity index (χ0n) is 13.4. The van der Waals surface area contributed by atoms with E-state index in [1.807, 2.05) is 0 Å². The van der Waals surface area contributed by atoms with Gasteiger partial charge in [-0.2, -0.15) is 0 Å². The van der Waals surface area contributed by atoms with Crippen molar-refractivity contribution in [2.45, 2.75) is 51.0 Å². The number of nitrogens with zero attached hydrogens (tertiary/aromatic N) is 1. The standard InChI is InChI=1S/C15H27N3O2S/c1-5-6-7-10-18(12(2)3)15-11-13(8-9-14(15)16)21(19,20)17-4/h8-9,11-12,17H,5-7,10,16H2,1-4H3. The van der Waals surface area contributed by atoms with Crippen LogP contribution in [0.1, 0.15) is 40.0 Å². The largest absolute Gasteiger partial charge is 0.397 e. The normalized spacial score (nSPS) is 11.9. The van der Waals surface area contributed by atoms with Gasteiger partial charge in [-0.15, -0.1) is 0 Å². The van der Waals surface area contributed by atoms with Crippen molar-refractivity contribution in [3.8, 4) is 0 Å². The molecule has 5 nitrogen and oxygen atoms in total. The van der Waals surface area contributed by atoms with Gasteiger partial charge in [0.15, 0.2) is 0 Å². The van der Waals surface area contributed by atoms with Crippen LogP contribution in [0, 0.1) is 0 Å². The van der Waals surface area contributed by atoms with Crippen molar-refractivity contribution in [2.75, 3.05) is 24.2 Å². The van der Waals surface area contributed by atoms with Crippen LogP contribution in [-0.4, -0.2) is 28.1 Å². The first-order chi connectivity index (χ1) is 9.83. The van der Waals surface area contributed by atoms with E-state index < -0.39 is 10.0 Å². The van der Waals surface area contributed by atoms with Gasteiger partial charge in [0, 0.05) is 12.6 Å². The van der Waals surface area contributed by atoms with Crippen molar-refractivity contribution in [3.05, 3.63) is 18.2 Å². The number of nitrogens with one attached hydrogen (secondary N) is 1. The highest BCUT2D eigenvalue weighted by atomic mass is 32.2. The van der Waals surface area contributed by atoms with Gasteiger partial charge in [0.2, 0.25) is 10.0 Å². The molecule has 0 heterocycles. The number of nitrogen functional groups attached to an aromatic ring is 1. The molecule has 0 unspecified atom stereocenters. The Balaban J connectivity index is 3.15. The van der Waals surface area contributed by atoms with Crippen molar-refractivity contribution >= 4 is 21.4 Å². The maximum Gasteiger partial charge on any atom is 0.240 e. The third-order valence-corrected chi connectivity index (χ3v) is 4.93. The molecule has 0 aromatic heterocycles. The highest BCUT2D eigenvalue weighted by Crippen LogP contribution is 2.28. The lowest BCUT2D eigenvalue weighted by Gasteiger charge is -2.30. The second kappa shape index (κ2) is 7.66. The highest BCUT2D eigenvalue weighted by Gasteiger charge is 2.18. The molecule has 0 amide bonds. The van der Waals surface area contributed by atoms with Crippen molar-refractivity contribution in [2.24, 2.45) is 0 Å². The lowest BCUT2D eigenvalue weighted by Crippen LogP contribution is -2.32. The third kappa shape index (κ3) is 4.61. The minimum absolute atomic E-state index is 0.246. The van der Waals surface area contributed by atoms with Crippen molar-refractivity contribution in [3.63, 3.8) is 0 Å². The number of anilines is 2. The first-order valence-corrected chi connectivity index (χ1v) is 8.91. The van der Waals surface area contributed by atoms with Gasteiger partial charge >= 0.3 is 0 Å². The first kappa shape index (κ1) is 17.8. The molecule has 6 heteroatoms. The minimum Gasteiger partial charge on any atom is -0.397 e. The van der Waals surface area contributed by atoms with Gasteiger partial charge in [-0.1, -0.05) is 19.8 Å². The second-order valence-electron chi connectivity index (χ2n) is 5.42. The van der Waals surface area contributed by atoms with Gasteiger partial charge in [0.25, 0.3) is 0 Å². The topological polar surface area (TPSA) is 75.4 Å². The van der Waals surface area contributed by atoms with Crippen LogP contribution in [-0.2, 0) is 10.0 Å². The fraction of sp³-hybridized carbons (Fsp3) is 0.600. The Kier molecular flexibility index (Phi) is 6.48. The van der Waals surface area contributed by atoms with Gasteiger partial charge in [-0.3, -0.25) is 0 Å². The molecule has 0 aliphatic heterocycles. The van der Waals surface area contributed by atoms with E-state index in [-0.39, 0.29) is 10.9 Å². The third-order valence-electron chi connectivity index (χ3n) is 3.52. The van der Waals surface area contributed by atoms with Gasteiger partial charge in [-0.25, -0.2) is 13.1 Å². The summed E-state index contributed by atoms with van der Waals surface area (Å²) in [5.74, 6) is 0. The Morgan fingerprint density at radius 1 is 1.29 bits per heavy atom. The summed E-state index contributed by atoms with van der Waals surface area (Å²) in [6.45, 7) is 7.21. The minimum atomic E-state index is -3.45. The second-order valence-corrected chi connectivity index (χ2v) is 7.31. The average Bonchev–Trinajstić information content (AvgIpc) is 2.44. The summed E-state index contributed by atoms with van der Waals surface area (Å²) >= 11 is 0. The molecule has 0 aliphatic carbocycles. The zero-order valence-corrected chi connectivity index (χ0v) is 14.2. The van der Waals surface area contributed by atoms with Crippen molar-refractivity contribution in [1.82, 2.24) is 4.72 Å². The van der Waals surface area contributed by atoms with Crippen LogP contribution in [0.5, 0.6) is 0 Å². The molecule has 0 aliphatic rings. The number of benzene rings is 1. The van der Waals surface area contributed by atoms with Gasteiger partial charge < -0.3 is 10.6 Å². The van der Waals surface area contributed by atoms with E-state index in [0.29, 0.717) is 5.69 Å². The molecule has 0 radical (unpaired) electrons. The van der Waals surface area contributed by atoms with E-state index in [9.17, 15) is 8.42 Å². The molecule has 1 aromatic carbocycles. The first-order valence-electron chi connectivity index (χ1n) is 7.43. The van der Waals surface area contributed by atoms with Crippen LogP contribution in [0.15, 0.2) is 23.1 Å². The van der Waals surface area contributed by atoms with E-state index in [1.165, 1.54) is 13.1 Å². The summed E-state index contributed by atoms with van der Waals surface area (Å²) in [6.07, 6.45) is 3.37. The van der Waals surface area contributed by atoms with Crippen LogP contribution in [0.25, 0.3) is 0 Å². The maximum absolute atomic E-state index is 11.9. The monoisotopic (exact) mass is 313 g/mol. The summed E-state index contributed by atoms with van der Waals surface area (Å²) in [4.78, 5) is 2.41. The molecule has 120 valence electrons. The van der Waals surface area contributed by atoms with Crippen molar-refractivity contribution in [1.29, 1.82) is 0 Å². The number of sulfonamides is 1. The number of nitrogens with two attached hydrogens (primary N) is 1. The van der Waals surface area contributed by atoms with Gasteiger partial charge in [-0.05, 0) is 45.5 Å². The molecule has 1 aromatic rings. The lowest BCUT2D eigenvalue weighted by atomic mass is 10.1. The van der Waals surface area contributed by atoms with Crippen LogP contribution in [0.2, 0.25) is 0 Å². The zero-order chi connectivity index (χ0) is 16.0. The Morgan fingerprint density at radius 3 is 2.48 bits per heavy atom. The molecule has 1 rings (SSSR count). The van der Waals surface area contributed by atoms with E-state index in [1.54, 1.807) is 12.1 Å². The average molecular weight is 313 g/mol. The summed E-state index contributed by atoms with van der Waals surface area (Å²) in [6, 6.07) is 5.12. The fourth-order valence-electron chi connectivity index (χ4n) is 2.25. The molecular weight excluding hydrogens is 286 g/mol. The smallest absolute Gasteiger partial charge is 0.240 e. The number of hydrogen-bond donors (Lipinski definition) is 2. The lowest BCUT2D eigenvalue weighted by molar-refractivity contribution is 0.588. The van der Waals surface area contributed by atoms with Gasteiger partial charge in [0.05, 0.1) is 16.3 Å². The van der Waals surface area contributed by atoms with E-state index in [4.69, 9.17) is 5.73 Å². The molecule has 0 atom stereocenters. The highest BCUT2D eigenvalue weighted by molar-refractivity contribution is 7.89. The summed E-state index contributed by atoms with van der Waals surface area (Å²) < 4.78 is 26.2.